The van der Waals surface area contributed by atoms with Gasteiger partial charge < -0.3 is 4.74 Å². The molecule has 2 heterocycles. The van der Waals surface area contributed by atoms with E-state index < -0.39 is 0 Å². The average Bonchev–Trinajstić information content (AvgIpc) is 3.05. The number of aryl methyl sites for hydroxylation is 2. The summed E-state index contributed by atoms with van der Waals surface area (Å²) >= 11 is 1.72. The van der Waals surface area contributed by atoms with Crippen LogP contribution < -0.4 is 10.3 Å². The first-order valence-electron chi connectivity index (χ1n) is 10.1. The van der Waals surface area contributed by atoms with E-state index in [1.54, 1.807) is 22.2 Å². The first kappa shape index (κ1) is 19.2. The third-order valence-corrected chi connectivity index (χ3v) is 6.98. The molecule has 0 radical (unpaired) electrons. The lowest BCUT2D eigenvalue weighted by atomic mass is 9.72. The normalized spacial score (nSPS) is 16.9. The minimum absolute atomic E-state index is 0.108. The summed E-state index contributed by atoms with van der Waals surface area (Å²) in [5, 5.41) is 0.860. The molecule has 1 aliphatic carbocycles. The lowest BCUT2D eigenvalue weighted by Crippen LogP contribution is -2.27. The smallest absolute Gasteiger partial charge is 0.262 e. The van der Waals surface area contributed by atoms with E-state index in [0.29, 0.717) is 24.5 Å². The number of hydrogen-bond acceptors (Lipinski definition) is 4. The Morgan fingerprint density at radius 1 is 1.25 bits per heavy atom. The van der Waals surface area contributed by atoms with Crippen LogP contribution in [0.25, 0.3) is 10.2 Å². The van der Waals surface area contributed by atoms with Crippen LogP contribution in [0.1, 0.15) is 44.1 Å². The summed E-state index contributed by atoms with van der Waals surface area (Å²) in [6.45, 7) is 8.17. The van der Waals surface area contributed by atoms with Gasteiger partial charge >= 0.3 is 0 Å². The minimum atomic E-state index is 0.108. The van der Waals surface area contributed by atoms with Crippen molar-refractivity contribution in [1.82, 2.24) is 9.55 Å². The fourth-order valence-corrected chi connectivity index (χ4v) is 5.30. The summed E-state index contributed by atoms with van der Waals surface area (Å²) in [6, 6.07) is 9.78. The Balaban J connectivity index is 1.49. The van der Waals surface area contributed by atoms with Gasteiger partial charge in [-0.15, -0.1) is 11.3 Å². The summed E-state index contributed by atoms with van der Waals surface area (Å²) in [4.78, 5) is 20.0. The summed E-state index contributed by atoms with van der Waals surface area (Å²) in [5.41, 5.74) is 1.67. The van der Waals surface area contributed by atoms with E-state index in [0.717, 1.165) is 41.6 Å². The Morgan fingerprint density at radius 2 is 2.04 bits per heavy atom. The molecule has 0 saturated carbocycles. The molecule has 0 saturated heterocycles. The molecule has 148 valence electrons. The Hall–Kier alpha value is -2.14. The standard InChI is InChI=1S/C23H28N2O2S/c1-23(2,3)16-10-11-18-19(14-16)28-21-20(18)22(26)25(15-24-21)12-7-13-27-17-8-5-4-6-9-17/h4-6,8-9,15-16H,7,10-14H2,1-3H3. The molecular weight excluding hydrogens is 368 g/mol. The Labute approximate surface area is 170 Å². The Morgan fingerprint density at radius 3 is 2.79 bits per heavy atom. The highest BCUT2D eigenvalue weighted by Crippen LogP contribution is 2.41. The third kappa shape index (κ3) is 3.86. The van der Waals surface area contributed by atoms with Gasteiger partial charge in [0.1, 0.15) is 10.6 Å². The highest BCUT2D eigenvalue weighted by Gasteiger charge is 2.31. The Bertz CT molecular complexity index is 1010. The van der Waals surface area contributed by atoms with Crippen molar-refractivity contribution in [2.24, 2.45) is 11.3 Å². The number of rotatable bonds is 5. The fraction of sp³-hybridized carbons (Fsp3) is 0.478. The lowest BCUT2D eigenvalue weighted by molar-refractivity contribution is 0.218. The molecular formula is C23H28N2O2S. The van der Waals surface area contributed by atoms with Crippen LogP contribution >= 0.6 is 11.3 Å². The van der Waals surface area contributed by atoms with Gasteiger partial charge in [-0.3, -0.25) is 9.36 Å². The molecule has 1 atom stereocenters. The number of para-hydroxylation sites is 1. The average molecular weight is 397 g/mol. The van der Waals surface area contributed by atoms with Crippen molar-refractivity contribution in [1.29, 1.82) is 0 Å². The number of thiophene rings is 1. The molecule has 0 bridgehead atoms. The van der Waals surface area contributed by atoms with Crippen LogP contribution in [0.3, 0.4) is 0 Å². The summed E-state index contributed by atoms with van der Waals surface area (Å²) in [5.74, 6) is 1.54. The van der Waals surface area contributed by atoms with E-state index in [-0.39, 0.29) is 5.56 Å². The number of fused-ring (bicyclic) bond motifs is 3. The van der Waals surface area contributed by atoms with Gasteiger partial charge in [-0.25, -0.2) is 4.98 Å². The first-order valence-corrected chi connectivity index (χ1v) is 10.9. The molecule has 0 fully saturated rings. The van der Waals surface area contributed by atoms with Gasteiger partial charge in [0.05, 0.1) is 18.3 Å². The van der Waals surface area contributed by atoms with Gasteiger partial charge in [0.2, 0.25) is 0 Å². The SMILES string of the molecule is CC(C)(C)C1CCc2c(sc3ncn(CCCOc4ccccc4)c(=O)c23)C1. The zero-order chi connectivity index (χ0) is 19.7. The van der Waals surface area contributed by atoms with Crippen LogP contribution in [-0.4, -0.2) is 16.2 Å². The van der Waals surface area contributed by atoms with E-state index in [4.69, 9.17) is 4.74 Å². The second-order valence-corrected chi connectivity index (χ2v) is 9.83. The molecule has 5 heteroatoms. The van der Waals surface area contributed by atoms with Gasteiger partial charge in [0.25, 0.3) is 5.56 Å². The highest BCUT2D eigenvalue weighted by atomic mass is 32.1. The minimum Gasteiger partial charge on any atom is -0.494 e. The van der Waals surface area contributed by atoms with Crippen molar-refractivity contribution >= 4 is 21.6 Å². The van der Waals surface area contributed by atoms with Gasteiger partial charge in [-0.05, 0) is 54.7 Å². The maximum Gasteiger partial charge on any atom is 0.262 e. The zero-order valence-electron chi connectivity index (χ0n) is 16.9. The molecule has 0 amide bonds. The maximum absolute atomic E-state index is 13.1. The molecule has 4 nitrogen and oxygen atoms in total. The van der Waals surface area contributed by atoms with Gasteiger partial charge in [0.15, 0.2) is 0 Å². The van der Waals surface area contributed by atoms with Crippen LogP contribution in [-0.2, 0) is 19.4 Å². The first-order chi connectivity index (χ1) is 13.4. The van der Waals surface area contributed by atoms with Crippen molar-refractivity contribution < 1.29 is 4.74 Å². The lowest BCUT2D eigenvalue weighted by Gasteiger charge is -2.33. The largest absolute Gasteiger partial charge is 0.494 e. The maximum atomic E-state index is 13.1. The van der Waals surface area contributed by atoms with Crippen LogP contribution in [0, 0.1) is 11.3 Å². The summed E-state index contributed by atoms with van der Waals surface area (Å²) in [6.07, 6.45) is 5.71. The van der Waals surface area contributed by atoms with Crippen LogP contribution in [0.15, 0.2) is 41.5 Å². The zero-order valence-corrected chi connectivity index (χ0v) is 17.7. The third-order valence-electron chi connectivity index (χ3n) is 5.82. The predicted octanol–water partition coefficient (Wildman–Crippen LogP) is 5.08. The molecule has 0 N–H and O–H groups in total. The van der Waals surface area contributed by atoms with Gasteiger partial charge in [-0.1, -0.05) is 39.0 Å². The monoisotopic (exact) mass is 396 g/mol. The van der Waals surface area contributed by atoms with Crippen molar-refractivity contribution in [3.8, 4) is 5.75 Å². The molecule has 0 aliphatic heterocycles. The molecule has 3 aromatic rings. The number of nitrogens with zero attached hydrogens (tertiary/aromatic N) is 2. The number of benzene rings is 1. The van der Waals surface area contributed by atoms with Crippen molar-refractivity contribution in [3.05, 3.63) is 57.5 Å². The Kier molecular flexibility index (Phi) is 5.28. The molecule has 28 heavy (non-hydrogen) atoms. The van der Waals surface area contributed by atoms with Crippen LogP contribution in [0.2, 0.25) is 0 Å². The number of aromatic nitrogens is 2. The molecule has 1 unspecified atom stereocenters. The second kappa shape index (κ2) is 7.70. The topological polar surface area (TPSA) is 44.1 Å². The molecule has 2 aromatic heterocycles. The molecule has 4 rings (SSSR count). The van der Waals surface area contributed by atoms with E-state index in [9.17, 15) is 4.79 Å². The molecule has 1 aliphatic rings. The second-order valence-electron chi connectivity index (χ2n) is 8.75. The molecule has 0 spiro atoms. The van der Waals surface area contributed by atoms with E-state index in [1.807, 2.05) is 30.3 Å². The van der Waals surface area contributed by atoms with E-state index >= 15 is 0 Å². The quantitative estimate of drug-likeness (QED) is 0.565. The van der Waals surface area contributed by atoms with Crippen molar-refractivity contribution in [2.45, 2.75) is 53.0 Å². The summed E-state index contributed by atoms with van der Waals surface area (Å²) in [7, 11) is 0. The van der Waals surface area contributed by atoms with Crippen molar-refractivity contribution in [2.75, 3.05) is 6.61 Å². The predicted molar refractivity (Wildman–Crippen MR) is 115 cm³/mol. The summed E-state index contributed by atoms with van der Waals surface area (Å²) < 4.78 is 7.49. The highest BCUT2D eigenvalue weighted by molar-refractivity contribution is 7.18. The van der Waals surface area contributed by atoms with E-state index in [1.165, 1.54) is 10.4 Å². The van der Waals surface area contributed by atoms with Gasteiger partial charge in [0, 0.05) is 11.4 Å². The van der Waals surface area contributed by atoms with E-state index in [2.05, 4.69) is 25.8 Å². The van der Waals surface area contributed by atoms with Gasteiger partial charge in [-0.2, -0.15) is 0 Å². The van der Waals surface area contributed by atoms with Crippen LogP contribution in [0.5, 0.6) is 5.75 Å². The number of hydrogen-bond donors (Lipinski definition) is 0. The molecule has 1 aromatic carbocycles. The fourth-order valence-electron chi connectivity index (χ4n) is 4.04. The number of ether oxygens (including phenoxy) is 1. The van der Waals surface area contributed by atoms with Crippen LogP contribution in [0.4, 0.5) is 0 Å². The van der Waals surface area contributed by atoms with Crippen molar-refractivity contribution in [3.63, 3.8) is 0 Å².